The Morgan fingerprint density at radius 1 is 1.40 bits per heavy atom. The van der Waals surface area contributed by atoms with Crippen LogP contribution in [-0.4, -0.2) is 30.8 Å². The standard InChI is InChI=1S/C14H20N2O4/c1-9(6-13(17)18)8-15-14(19)16-12-5-4-11(20-3)7-10(12)2/h4-5,7,9H,6,8H2,1-3H3,(H,17,18)(H2,15,16,19). The molecule has 1 rings (SSSR count). The van der Waals surface area contributed by atoms with Crippen LogP contribution in [0.3, 0.4) is 0 Å². The van der Waals surface area contributed by atoms with Crippen molar-refractivity contribution in [3.8, 4) is 5.75 Å². The minimum Gasteiger partial charge on any atom is -0.497 e. The molecule has 0 fully saturated rings. The molecule has 1 atom stereocenters. The zero-order chi connectivity index (χ0) is 15.1. The van der Waals surface area contributed by atoms with Crippen molar-refractivity contribution in [1.82, 2.24) is 5.32 Å². The van der Waals surface area contributed by atoms with E-state index in [0.29, 0.717) is 12.2 Å². The average Bonchev–Trinajstić information content (AvgIpc) is 2.38. The molecule has 2 amide bonds. The van der Waals surface area contributed by atoms with Gasteiger partial charge in [0.25, 0.3) is 0 Å². The number of anilines is 1. The minimum absolute atomic E-state index is 0.0296. The molecule has 110 valence electrons. The van der Waals surface area contributed by atoms with E-state index in [-0.39, 0.29) is 18.4 Å². The maximum absolute atomic E-state index is 11.7. The van der Waals surface area contributed by atoms with Gasteiger partial charge in [0.2, 0.25) is 0 Å². The highest BCUT2D eigenvalue weighted by molar-refractivity contribution is 5.90. The lowest BCUT2D eigenvalue weighted by Crippen LogP contribution is -2.33. The second-order valence-corrected chi connectivity index (χ2v) is 4.72. The summed E-state index contributed by atoms with van der Waals surface area (Å²) >= 11 is 0. The number of benzene rings is 1. The van der Waals surface area contributed by atoms with Gasteiger partial charge in [-0.05, 0) is 36.6 Å². The van der Waals surface area contributed by atoms with E-state index < -0.39 is 5.97 Å². The van der Waals surface area contributed by atoms with E-state index in [1.165, 1.54) is 0 Å². The summed E-state index contributed by atoms with van der Waals surface area (Å²) in [6, 6.07) is 4.99. The summed E-state index contributed by atoms with van der Waals surface area (Å²) in [5, 5.41) is 14.0. The number of methoxy groups -OCH3 is 1. The number of amides is 2. The number of aryl methyl sites for hydroxylation is 1. The lowest BCUT2D eigenvalue weighted by atomic mass is 10.1. The largest absolute Gasteiger partial charge is 0.497 e. The molecule has 0 bridgehead atoms. The summed E-state index contributed by atoms with van der Waals surface area (Å²) in [5.41, 5.74) is 1.58. The summed E-state index contributed by atoms with van der Waals surface area (Å²) in [6.07, 6.45) is 0.0296. The van der Waals surface area contributed by atoms with Crippen LogP contribution in [0.4, 0.5) is 10.5 Å². The normalized spacial score (nSPS) is 11.6. The second-order valence-electron chi connectivity index (χ2n) is 4.72. The minimum atomic E-state index is -0.870. The van der Waals surface area contributed by atoms with E-state index in [4.69, 9.17) is 9.84 Å². The van der Waals surface area contributed by atoms with Crippen LogP contribution < -0.4 is 15.4 Å². The molecule has 0 aliphatic rings. The fourth-order valence-corrected chi connectivity index (χ4v) is 1.71. The van der Waals surface area contributed by atoms with Gasteiger partial charge in [0.05, 0.1) is 7.11 Å². The Hall–Kier alpha value is -2.24. The van der Waals surface area contributed by atoms with Gasteiger partial charge in [-0.25, -0.2) is 4.79 Å². The van der Waals surface area contributed by atoms with Crippen LogP contribution >= 0.6 is 0 Å². The molecule has 6 nitrogen and oxygen atoms in total. The van der Waals surface area contributed by atoms with Gasteiger partial charge in [-0.3, -0.25) is 4.79 Å². The lowest BCUT2D eigenvalue weighted by Gasteiger charge is -2.13. The Labute approximate surface area is 118 Å². The molecule has 0 heterocycles. The summed E-state index contributed by atoms with van der Waals surface area (Å²) < 4.78 is 5.09. The third-order valence-electron chi connectivity index (χ3n) is 2.82. The van der Waals surface area contributed by atoms with Crippen molar-refractivity contribution < 1.29 is 19.4 Å². The van der Waals surface area contributed by atoms with Crippen molar-refractivity contribution in [1.29, 1.82) is 0 Å². The molecule has 1 aromatic carbocycles. The molecular weight excluding hydrogens is 260 g/mol. The van der Waals surface area contributed by atoms with Crippen molar-refractivity contribution in [3.05, 3.63) is 23.8 Å². The molecule has 0 saturated carbocycles. The first kappa shape index (κ1) is 15.8. The summed E-state index contributed by atoms with van der Waals surface area (Å²) in [7, 11) is 1.58. The van der Waals surface area contributed by atoms with Gasteiger partial charge in [-0.1, -0.05) is 6.92 Å². The number of nitrogens with one attached hydrogen (secondary N) is 2. The van der Waals surface area contributed by atoms with E-state index in [9.17, 15) is 9.59 Å². The molecule has 3 N–H and O–H groups in total. The highest BCUT2D eigenvalue weighted by Gasteiger charge is 2.10. The van der Waals surface area contributed by atoms with Gasteiger partial charge in [0.15, 0.2) is 0 Å². The van der Waals surface area contributed by atoms with Crippen molar-refractivity contribution in [2.75, 3.05) is 19.0 Å². The first-order valence-electron chi connectivity index (χ1n) is 6.33. The zero-order valence-electron chi connectivity index (χ0n) is 11.9. The predicted molar refractivity (Wildman–Crippen MR) is 76.2 cm³/mol. The monoisotopic (exact) mass is 280 g/mol. The number of carboxylic acid groups (broad SMARTS) is 1. The Bertz CT molecular complexity index is 488. The number of aliphatic carboxylic acids is 1. The van der Waals surface area contributed by atoms with Crippen molar-refractivity contribution >= 4 is 17.7 Å². The van der Waals surface area contributed by atoms with E-state index in [1.807, 2.05) is 13.0 Å². The van der Waals surface area contributed by atoms with Gasteiger partial charge in [-0.15, -0.1) is 0 Å². The van der Waals surface area contributed by atoms with Gasteiger partial charge < -0.3 is 20.5 Å². The molecule has 0 aromatic heterocycles. The Balaban J connectivity index is 2.48. The fourth-order valence-electron chi connectivity index (χ4n) is 1.71. The first-order chi connectivity index (χ1) is 9.42. The van der Waals surface area contributed by atoms with Crippen LogP contribution in [0.5, 0.6) is 5.75 Å². The third-order valence-corrected chi connectivity index (χ3v) is 2.82. The van der Waals surface area contributed by atoms with Crippen LogP contribution in [0.25, 0.3) is 0 Å². The predicted octanol–water partition coefficient (Wildman–Crippen LogP) is 2.24. The van der Waals surface area contributed by atoms with Gasteiger partial charge in [-0.2, -0.15) is 0 Å². The van der Waals surface area contributed by atoms with Crippen molar-refractivity contribution in [3.63, 3.8) is 0 Å². The molecule has 1 aromatic rings. The molecule has 0 aliphatic carbocycles. The number of carbonyl (C=O) groups is 2. The highest BCUT2D eigenvalue weighted by atomic mass is 16.5. The Morgan fingerprint density at radius 2 is 2.10 bits per heavy atom. The van der Waals surface area contributed by atoms with Crippen LogP contribution in [-0.2, 0) is 4.79 Å². The molecule has 20 heavy (non-hydrogen) atoms. The summed E-state index contributed by atoms with van der Waals surface area (Å²) in [4.78, 5) is 22.2. The Morgan fingerprint density at radius 3 is 2.65 bits per heavy atom. The molecule has 1 unspecified atom stereocenters. The zero-order valence-corrected chi connectivity index (χ0v) is 11.9. The lowest BCUT2D eigenvalue weighted by molar-refractivity contribution is -0.137. The molecule has 0 saturated heterocycles. The third kappa shape index (κ3) is 5.17. The summed E-state index contributed by atoms with van der Waals surface area (Å²) in [6.45, 7) is 3.95. The number of ether oxygens (including phenoxy) is 1. The molecule has 0 spiro atoms. The fraction of sp³-hybridized carbons (Fsp3) is 0.429. The average molecular weight is 280 g/mol. The van der Waals surface area contributed by atoms with Gasteiger partial charge >= 0.3 is 12.0 Å². The van der Waals surface area contributed by atoms with Gasteiger partial charge in [0.1, 0.15) is 5.75 Å². The number of carboxylic acids is 1. The SMILES string of the molecule is COc1ccc(NC(=O)NCC(C)CC(=O)O)c(C)c1. The molecular formula is C14H20N2O4. The smallest absolute Gasteiger partial charge is 0.319 e. The van der Waals surface area contributed by atoms with E-state index >= 15 is 0 Å². The van der Waals surface area contributed by atoms with Crippen LogP contribution in [0.1, 0.15) is 18.9 Å². The number of rotatable bonds is 6. The van der Waals surface area contributed by atoms with E-state index in [1.54, 1.807) is 26.2 Å². The molecule has 6 heteroatoms. The quantitative estimate of drug-likeness (QED) is 0.745. The second kappa shape index (κ2) is 7.37. The van der Waals surface area contributed by atoms with E-state index in [0.717, 1.165) is 11.3 Å². The van der Waals surface area contributed by atoms with Crippen molar-refractivity contribution in [2.45, 2.75) is 20.3 Å². The highest BCUT2D eigenvalue weighted by Crippen LogP contribution is 2.20. The van der Waals surface area contributed by atoms with Crippen molar-refractivity contribution in [2.24, 2.45) is 5.92 Å². The van der Waals surface area contributed by atoms with Crippen LogP contribution in [0.2, 0.25) is 0 Å². The molecule has 0 aliphatic heterocycles. The Kier molecular flexibility index (Phi) is 5.83. The number of hydrogen-bond acceptors (Lipinski definition) is 3. The van der Waals surface area contributed by atoms with Crippen LogP contribution in [0, 0.1) is 12.8 Å². The van der Waals surface area contributed by atoms with Gasteiger partial charge in [0, 0.05) is 18.7 Å². The van der Waals surface area contributed by atoms with Crippen LogP contribution in [0.15, 0.2) is 18.2 Å². The molecule has 0 radical (unpaired) electrons. The number of hydrogen-bond donors (Lipinski definition) is 3. The summed E-state index contributed by atoms with van der Waals surface area (Å²) in [5.74, 6) is -0.260. The first-order valence-corrected chi connectivity index (χ1v) is 6.33. The maximum Gasteiger partial charge on any atom is 0.319 e. The number of urea groups is 1. The van der Waals surface area contributed by atoms with E-state index in [2.05, 4.69) is 10.6 Å². The maximum atomic E-state index is 11.7. The number of carbonyl (C=O) groups excluding carboxylic acids is 1. The topological polar surface area (TPSA) is 87.7 Å².